The zero-order valence-electron chi connectivity index (χ0n) is 21.2. The summed E-state index contributed by atoms with van der Waals surface area (Å²) in [6, 6.07) is 11.6. The molecule has 8 heteroatoms. The minimum absolute atomic E-state index is 0.259. The van der Waals surface area contributed by atoms with Gasteiger partial charge in [0, 0.05) is 23.6 Å². The molecule has 4 amide bonds. The van der Waals surface area contributed by atoms with Crippen LogP contribution in [0.3, 0.4) is 0 Å². The number of carbonyl (C=O) groups is 3. The molecule has 0 aromatic heterocycles. The number of rotatable bonds is 7. The number of urea groups is 2. The Morgan fingerprint density at radius 2 is 1.74 bits per heavy atom. The molecular weight excluding hydrogens is 444 g/mol. The molecular formula is C27H34N4O4. The second-order valence-electron chi connectivity index (χ2n) is 9.01. The fraction of sp³-hybridized carbons (Fsp3) is 0.370. The Morgan fingerprint density at radius 3 is 2.34 bits per heavy atom. The quantitative estimate of drug-likeness (QED) is 0.448. The Bertz CT molecular complexity index is 1140. The highest BCUT2D eigenvalue weighted by atomic mass is 16.5. The molecule has 8 nitrogen and oxygen atoms in total. The van der Waals surface area contributed by atoms with Gasteiger partial charge in [-0.15, -0.1) is 0 Å². The van der Waals surface area contributed by atoms with Crippen molar-refractivity contribution < 1.29 is 19.1 Å². The van der Waals surface area contributed by atoms with Crippen LogP contribution in [0.25, 0.3) is 0 Å². The zero-order chi connectivity index (χ0) is 25.7. The van der Waals surface area contributed by atoms with E-state index < -0.39 is 12.0 Å². The van der Waals surface area contributed by atoms with Crippen LogP contribution >= 0.6 is 0 Å². The topological polar surface area (TPSA) is 99.8 Å². The molecule has 3 N–H and O–H groups in total. The van der Waals surface area contributed by atoms with Crippen molar-refractivity contribution in [3.8, 4) is 0 Å². The van der Waals surface area contributed by atoms with Gasteiger partial charge in [-0.2, -0.15) is 0 Å². The first-order valence-corrected chi connectivity index (χ1v) is 11.9. The molecule has 0 saturated heterocycles. The summed E-state index contributed by atoms with van der Waals surface area (Å²) < 4.78 is 5.48. The summed E-state index contributed by atoms with van der Waals surface area (Å²) in [6.07, 6.45) is 0.467. The second-order valence-corrected chi connectivity index (χ2v) is 9.01. The number of nitrogens with one attached hydrogen (secondary N) is 3. The minimum Gasteiger partial charge on any atom is -0.459 e. The molecule has 3 rings (SSSR count). The number of aryl methyl sites for hydroxylation is 2. The molecule has 1 aliphatic heterocycles. The van der Waals surface area contributed by atoms with Crippen LogP contribution in [-0.2, 0) is 9.53 Å². The van der Waals surface area contributed by atoms with Crippen molar-refractivity contribution in [1.82, 2.24) is 10.2 Å². The van der Waals surface area contributed by atoms with E-state index in [9.17, 15) is 14.4 Å². The summed E-state index contributed by atoms with van der Waals surface area (Å²) in [4.78, 5) is 39.8. The van der Waals surface area contributed by atoms with Crippen LogP contribution in [0, 0.1) is 13.8 Å². The van der Waals surface area contributed by atoms with Crippen LogP contribution in [0.5, 0.6) is 0 Å². The van der Waals surface area contributed by atoms with Gasteiger partial charge >= 0.3 is 18.0 Å². The fourth-order valence-electron chi connectivity index (χ4n) is 4.06. The van der Waals surface area contributed by atoms with E-state index in [-0.39, 0.29) is 18.2 Å². The lowest BCUT2D eigenvalue weighted by molar-refractivity contribution is -0.143. The average Bonchev–Trinajstić information content (AvgIpc) is 2.78. The van der Waals surface area contributed by atoms with Gasteiger partial charge in [-0.25, -0.2) is 14.4 Å². The summed E-state index contributed by atoms with van der Waals surface area (Å²) in [7, 11) is 0. The maximum Gasteiger partial charge on any atom is 0.338 e. The van der Waals surface area contributed by atoms with Crippen molar-refractivity contribution in [2.24, 2.45) is 0 Å². The van der Waals surface area contributed by atoms with E-state index in [0.717, 1.165) is 23.2 Å². The molecule has 0 aliphatic carbocycles. The number of benzene rings is 2. The third kappa shape index (κ3) is 6.20. The summed E-state index contributed by atoms with van der Waals surface area (Å²) in [6.45, 7) is 11.8. The number of esters is 1. The van der Waals surface area contributed by atoms with Gasteiger partial charge in [0.2, 0.25) is 0 Å². The third-order valence-corrected chi connectivity index (χ3v) is 5.74. The van der Waals surface area contributed by atoms with Gasteiger partial charge in [0.05, 0.1) is 17.7 Å². The van der Waals surface area contributed by atoms with Gasteiger partial charge in [0.1, 0.15) is 0 Å². The molecule has 186 valence electrons. The predicted molar refractivity (Wildman–Crippen MR) is 137 cm³/mol. The highest BCUT2D eigenvalue weighted by Crippen LogP contribution is 2.32. The second kappa shape index (κ2) is 11.1. The van der Waals surface area contributed by atoms with Crippen molar-refractivity contribution in [3.05, 3.63) is 70.4 Å². The molecule has 0 saturated carbocycles. The summed E-state index contributed by atoms with van der Waals surface area (Å²) in [5, 5.41) is 8.60. The Balaban J connectivity index is 1.81. The Morgan fingerprint density at radius 1 is 1.06 bits per heavy atom. The first kappa shape index (κ1) is 25.8. The molecule has 1 heterocycles. The van der Waals surface area contributed by atoms with Gasteiger partial charge in [0.15, 0.2) is 0 Å². The lowest BCUT2D eigenvalue weighted by Crippen LogP contribution is -2.48. The number of ether oxygens (including phenoxy) is 1. The normalized spacial score (nSPS) is 15.7. The number of carbonyl (C=O) groups excluding carboxylic acids is 3. The Kier molecular flexibility index (Phi) is 8.17. The van der Waals surface area contributed by atoms with Crippen LogP contribution in [0.1, 0.15) is 56.8 Å². The van der Waals surface area contributed by atoms with E-state index >= 15 is 0 Å². The number of hydrogen-bond acceptors (Lipinski definition) is 4. The van der Waals surface area contributed by atoms with Crippen molar-refractivity contribution in [2.75, 3.05) is 17.2 Å². The minimum atomic E-state index is -0.653. The summed E-state index contributed by atoms with van der Waals surface area (Å²) >= 11 is 0. The number of allylic oxidation sites excluding steroid dienone is 1. The van der Waals surface area contributed by atoms with Crippen molar-refractivity contribution >= 4 is 29.4 Å². The molecule has 0 spiro atoms. The molecule has 0 bridgehead atoms. The molecule has 1 unspecified atom stereocenters. The van der Waals surface area contributed by atoms with Crippen LogP contribution < -0.4 is 16.0 Å². The highest BCUT2D eigenvalue weighted by Gasteiger charge is 2.36. The molecule has 2 aromatic rings. The van der Waals surface area contributed by atoms with Crippen molar-refractivity contribution in [1.29, 1.82) is 0 Å². The van der Waals surface area contributed by atoms with Crippen molar-refractivity contribution in [3.63, 3.8) is 0 Å². The highest BCUT2D eigenvalue weighted by molar-refractivity contribution is 6.00. The summed E-state index contributed by atoms with van der Waals surface area (Å²) in [5.41, 5.74) is 5.12. The SMILES string of the molecule is CCCN1C(=O)NC(c2ccc(NC(=O)Nc3ccc(C)cc3C)cc2)C(C(=O)OC(C)C)=C1C. The third-order valence-electron chi connectivity index (χ3n) is 5.74. The molecule has 35 heavy (non-hydrogen) atoms. The first-order valence-electron chi connectivity index (χ1n) is 11.9. The predicted octanol–water partition coefficient (Wildman–Crippen LogP) is 5.65. The van der Waals surface area contributed by atoms with Crippen LogP contribution in [0.4, 0.5) is 21.0 Å². The van der Waals surface area contributed by atoms with Crippen molar-refractivity contribution in [2.45, 2.75) is 60.1 Å². The van der Waals surface area contributed by atoms with E-state index in [1.165, 1.54) is 0 Å². The number of nitrogens with zero attached hydrogens (tertiary/aromatic N) is 1. The van der Waals surface area contributed by atoms with Gasteiger partial charge in [-0.05, 0) is 70.4 Å². The van der Waals surface area contributed by atoms with Crippen LogP contribution in [0.2, 0.25) is 0 Å². The fourth-order valence-corrected chi connectivity index (χ4v) is 4.06. The van der Waals surface area contributed by atoms with Gasteiger partial charge in [-0.3, -0.25) is 4.90 Å². The number of amides is 4. The van der Waals surface area contributed by atoms with E-state index in [1.54, 1.807) is 49.9 Å². The van der Waals surface area contributed by atoms with E-state index in [4.69, 9.17) is 4.74 Å². The maximum atomic E-state index is 13.0. The molecule has 1 aliphatic rings. The lowest BCUT2D eigenvalue weighted by Gasteiger charge is -2.35. The van der Waals surface area contributed by atoms with Gasteiger partial charge < -0.3 is 20.7 Å². The first-order chi connectivity index (χ1) is 16.6. The van der Waals surface area contributed by atoms with Crippen LogP contribution in [0.15, 0.2) is 53.7 Å². The average molecular weight is 479 g/mol. The van der Waals surface area contributed by atoms with E-state index in [0.29, 0.717) is 29.1 Å². The van der Waals surface area contributed by atoms with E-state index in [1.807, 2.05) is 39.0 Å². The molecule has 0 radical (unpaired) electrons. The molecule has 1 atom stereocenters. The zero-order valence-corrected chi connectivity index (χ0v) is 21.2. The smallest absolute Gasteiger partial charge is 0.338 e. The largest absolute Gasteiger partial charge is 0.459 e. The monoisotopic (exact) mass is 478 g/mol. The molecule has 2 aromatic carbocycles. The maximum absolute atomic E-state index is 13.0. The number of hydrogen-bond donors (Lipinski definition) is 3. The van der Waals surface area contributed by atoms with Gasteiger partial charge in [0.25, 0.3) is 0 Å². The number of anilines is 2. The summed E-state index contributed by atoms with van der Waals surface area (Å²) in [5.74, 6) is -0.460. The standard InChI is InChI=1S/C27H34N4O4/c1-7-14-31-19(6)23(25(32)35-16(2)3)24(30-27(31)34)20-9-11-21(12-10-20)28-26(33)29-22-13-8-17(4)15-18(22)5/h8-13,15-16,24H,7,14H2,1-6H3,(H,30,34)(H2,28,29,33). The van der Waals surface area contributed by atoms with Crippen LogP contribution in [-0.4, -0.2) is 35.6 Å². The lowest BCUT2D eigenvalue weighted by atomic mass is 9.94. The van der Waals surface area contributed by atoms with E-state index in [2.05, 4.69) is 16.0 Å². The van der Waals surface area contributed by atoms with Gasteiger partial charge in [-0.1, -0.05) is 36.8 Å². The molecule has 0 fully saturated rings. The Labute approximate surface area is 206 Å². The Hall–Kier alpha value is -3.81.